The summed E-state index contributed by atoms with van der Waals surface area (Å²) in [7, 11) is 2.87. The molecule has 1 atom stereocenters. The van der Waals surface area contributed by atoms with Crippen LogP contribution >= 0.6 is 11.6 Å². The van der Waals surface area contributed by atoms with Gasteiger partial charge in [-0.25, -0.2) is 14.8 Å². The Morgan fingerprint density at radius 3 is 2.61 bits per heavy atom. The third kappa shape index (κ3) is 4.59. The van der Waals surface area contributed by atoms with E-state index in [1.807, 2.05) is 18.2 Å². The van der Waals surface area contributed by atoms with Crippen molar-refractivity contribution in [2.24, 2.45) is 5.73 Å². The number of ether oxygens (including phenoxy) is 2. The summed E-state index contributed by atoms with van der Waals surface area (Å²) >= 11 is 6.29. The number of rotatable bonds is 6. The number of nitrogens with two attached hydrogens (primary N) is 1. The molecule has 1 aromatic carbocycles. The third-order valence-corrected chi connectivity index (χ3v) is 4.40. The van der Waals surface area contributed by atoms with Gasteiger partial charge in [0.05, 0.1) is 19.9 Å². The summed E-state index contributed by atoms with van der Waals surface area (Å²) in [6, 6.07) is 10.5. The maximum Gasteiger partial charge on any atom is 0.411 e. The highest BCUT2D eigenvalue weighted by Gasteiger charge is 2.15. The lowest BCUT2D eigenvalue weighted by molar-refractivity contribution is 0.187. The highest BCUT2D eigenvalue weighted by atomic mass is 35.5. The Bertz CT molecular complexity index is 941. The molecule has 8 nitrogen and oxygen atoms in total. The van der Waals surface area contributed by atoms with E-state index >= 15 is 0 Å². The van der Waals surface area contributed by atoms with Gasteiger partial charge in [-0.3, -0.25) is 5.32 Å². The fourth-order valence-electron chi connectivity index (χ4n) is 2.63. The van der Waals surface area contributed by atoms with Gasteiger partial charge in [-0.15, -0.1) is 0 Å². The summed E-state index contributed by atoms with van der Waals surface area (Å²) < 4.78 is 9.62. The summed E-state index contributed by atoms with van der Waals surface area (Å²) in [5.74, 6) is 1.20. The molecule has 0 aliphatic heterocycles. The summed E-state index contributed by atoms with van der Waals surface area (Å²) in [4.78, 5) is 23.0. The first-order valence-corrected chi connectivity index (χ1v) is 8.83. The third-order valence-electron chi connectivity index (χ3n) is 4.12. The number of carbonyl (C=O) groups is 1. The number of aromatic amines is 1. The van der Waals surface area contributed by atoms with Crippen molar-refractivity contribution < 1.29 is 14.3 Å². The normalized spacial score (nSPS) is 11.7. The van der Waals surface area contributed by atoms with Crippen LogP contribution in [-0.2, 0) is 11.2 Å². The van der Waals surface area contributed by atoms with Crippen LogP contribution < -0.4 is 15.8 Å². The first-order valence-electron chi connectivity index (χ1n) is 8.45. The van der Waals surface area contributed by atoms with Gasteiger partial charge in [0.1, 0.15) is 5.82 Å². The second kappa shape index (κ2) is 8.73. The van der Waals surface area contributed by atoms with E-state index in [-0.39, 0.29) is 6.04 Å². The second-order valence-electron chi connectivity index (χ2n) is 5.99. The maximum atomic E-state index is 11.3. The lowest BCUT2D eigenvalue weighted by Crippen LogP contribution is -2.14. The number of hydrogen-bond acceptors (Lipinski definition) is 6. The van der Waals surface area contributed by atoms with E-state index in [4.69, 9.17) is 22.1 Å². The van der Waals surface area contributed by atoms with Crippen LogP contribution in [0.15, 0.2) is 42.6 Å². The Kier molecular flexibility index (Phi) is 6.13. The summed E-state index contributed by atoms with van der Waals surface area (Å²) in [6.07, 6.45) is 1.62. The fraction of sp³-hybridized carbons (Fsp3) is 0.211. The molecule has 0 fully saturated rings. The molecule has 4 N–H and O–H groups in total. The van der Waals surface area contributed by atoms with Crippen LogP contribution in [0.2, 0.25) is 5.15 Å². The molecule has 0 spiro atoms. The molecule has 3 aromatic rings. The highest BCUT2D eigenvalue weighted by molar-refractivity contribution is 6.31. The Morgan fingerprint density at radius 2 is 2.00 bits per heavy atom. The Morgan fingerprint density at radius 1 is 1.25 bits per heavy atom. The molecule has 146 valence electrons. The molecule has 0 aliphatic carbocycles. The number of amides is 1. The zero-order valence-corrected chi connectivity index (χ0v) is 16.2. The molecule has 0 unspecified atom stereocenters. The first kappa shape index (κ1) is 19.7. The predicted octanol–water partition coefficient (Wildman–Crippen LogP) is 3.55. The van der Waals surface area contributed by atoms with Crippen molar-refractivity contribution in [3.8, 4) is 17.1 Å². The number of benzene rings is 1. The summed E-state index contributed by atoms with van der Waals surface area (Å²) in [6.45, 7) is 0. The number of nitrogens with zero attached hydrogens (tertiary/aromatic N) is 2. The maximum absolute atomic E-state index is 11.3. The minimum Gasteiger partial charge on any atom is -0.481 e. The smallest absolute Gasteiger partial charge is 0.411 e. The van der Waals surface area contributed by atoms with Gasteiger partial charge in [-0.05, 0) is 17.7 Å². The molecular formula is C19H20ClN5O3. The minimum absolute atomic E-state index is 0.292. The van der Waals surface area contributed by atoms with E-state index < -0.39 is 6.09 Å². The number of H-pyrrole nitrogens is 1. The van der Waals surface area contributed by atoms with Crippen molar-refractivity contribution in [3.05, 3.63) is 59.1 Å². The van der Waals surface area contributed by atoms with Gasteiger partial charge in [0, 0.05) is 36.0 Å². The quantitative estimate of drug-likeness (QED) is 0.581. The predicted molar refractivity (Wildman–Crippen MR) is 106 cm³/mol. The zero-order chi connectivity index (χ0) is 20.1. The number of halogens is 1. The molecule has 2 heterocycles. The number of hydrogen-bond donors (Lipinski definition) is 3. The summed E-state index contributed by atoms with van der Waals surface area (Å²) in [5.41, 5.74) is 9.25. The van der Waals surface area contributed by atoms with Gasteiger partial charge in [0.2, 0.25) is 5.88 Å². The number of aromatic nitrogens is 3. The average Bonchev–Trinajstić information content (AvgIpc) is 3.08. The van der Waals surface area contributed by atoms with E-state index in [2.05, 4.69) is 25.0 Å². The molecule has 3 rings (SSSR count). The van der Waals surface area contributed by atoms with Crippen LogP contribution in [0, 0.1) is 0 Å². The van der Waals surface area contributed by atoms with Gasteiger partial charge in [0.25, 0.3) is 0 Å². The molecule has 2 aromatic heterocycles. The van der Waals surface area contributed by atoms with Gasteiger partial charge in [-0.2, -0.15) is 0 Å². The zero-order valence-electron chi connectivity index (χ0n) is 15.4. The molecule has 9 heteroatoms. The molecule has 0 aliphatic rings. The van der Waals surface area contributed by atoms with Gasteiger partial charge >= 0.3 is 6.09 Å². The first-order chi connectivity index (χ1) is 13.5. The number of methoxy groups -OCH3 is 2. The molecule has 28 heavy (non-hydrogen) atoms. The van der Waals surface area contributed by atoms with Crippen LogP contribution in [0.4, 0.5) is 10.5 Å². The van der Waals surface area contributed by atoms with Crippen molar-refractivity contribution in [2.75, 3.05) is 19.5 Å². The molecule has 1 amide bonds. The molecule has 0 saturated carbocycles. The van der Waals surface area contributed by atoms with Crippen molar-refractivity contribution >= 4 is 23.4 Å². The van der Waals surface area contributed by atoms with E-state index in [0.29, 0.717) is 34.7 Å². The average molecular weight is 402 g/mol. The minimum atomic E-state index is -0.531. The number of pyridine rings is 1. The van der Waals surface area contributed by atoms with Crippen molar-refractivity contribution in [1.29, 1.82) is 0 Å². The van der Waals surface area contributed by atoms with Crippen molar-refractivity contribution in [3.63, 3.8) is 0 Å². The monoisotopic (exact) mass is 401 g/mol. The van der Waals surface area contributed by atoms with E-state index in [1.54, 1.807) is 31.5 Å². The lowest BCUT2D eigenvalue weighted by atomic mass is 10.1. The highest BCUT2D eigenvalue weighted by Crippen LogP contribution is 2.28. The number of carbonyl (C=O) groups excluding carboxylic acids is 1. The van der Waals surface area contributed by atoms with E-state index in [0.717, 1.165) is 11.1 Å². The number of anilines is 1. The largest absolute Gasteiger partial charge is 0.481 e. The van der Waals surface area contributed by atoms with E-state index in [9.17, 15) is 4.79 Å². The molecule has 0 bridgehead atoms. The van der Waals surface area contributed by atoms with Gasteiger partial charge in [0.15, 0.2) is 5.15 Å². The molecule has 0 saturated heterocycles. The Hall–Kier alpha value is -3.10. The second-order valence-corrected chi connectivity index (χ2v) is 6.35. The van der Waals surface area contributed by atoms with Crippen LogP contribution in [0.5, 0.6) is 5.88 Å². The summed E-state index contributed by atoms with van der Waals surface area (Å²) in [5, 5.41) is 2.94. The SMILES string of the molecule is COC(=O)Nc1ccc(-c2[nH]c(C[C@H](N)c3ccc(OC)nc3)nc2Cl)cc1. The molecular weight excluding hydrogens is 382 g/mol. The Labute approximate surface area is 167 Å². The van der Waals surface area contributed by atoms with Crippen LogP contribution in [0.3, 0.4) is 0 Å². The molecule has 0 radical (unpaired) electrons. The van der Waals surface area contributed by atoms with E-state index in [1.165, 1.54) is 7.11 Å². The number of nitrogens with one attached hydrogen (secondary N) is 2. The fourth-order valence-corrected chi connectivity index (χ4v) is 2.89. The van der Waals surface area contributed by atoms with Gasteiger partial charge < -0.3 is 20.2 Å². The van der Waals surface area contributed by atoms with Crippen molar-refractivity contribution in [2.45, 2.75) is 12.5 Å². The number of imidazole rings is 1. The van der Waals surface area contributed by atoms with Crippen molar-refractivity contribution in [1.82, 2.24) is 15.0 Å². The van der Waals surface area contributed by atoms with Gasteiger partial charge in [-0.1, -0.05) is 29.8 Å². The topological polar surface area (TPSA) is 115 Å². The Balaban J connectivity index is 1.72. The van der Waals surface area contributed by atoms with Crippen LogP contribution in [0.25, 0.3) is 11.3 Å². The van der Waals surface area contributed by atoms with Crippen LogP contribution in [-0.4, -0.2) is 35.3 Å². The standard InChI is InChI=1S/C19H20ClN5O3/c1-27-16-8-5-12(10-22-16)14(21)9-15-24-17(18(20)25-15)11-3-6-13(7-4-11)23-19(26)28-2/h3-8,10,14H,9,21H2,1-2H3,(H,23,26)(H,24,25)/t14-/m0/s1. The lowest BCUT2D eigenvalue weighted by Gasteiger charge is -2.10. The van der Waals surface area contributed by atoms with Crippen LogP contribution in [0.1, 0.15) is 17.4 Å².